The number of benzene rings is 1. The van der Waals surface area contributed by atoms with Gasteiger partial charge in [0, 0.05) is 51.7 Å². The summed E-state index contributed by atoms with van der Waals surface area (Å²) in [7, 11) is 0. The number of rotatable bonds is 12. The molecule has 2 N–H and O–H groups in total. The van der Waals surface area contributed by atoms with Gasteiger partial charge in [-0.1, -0.05) is 43.7 Å². The summed E-state index contributed by atoms with van der Waals surface area (Å²) in [6, 6.07) is 10.3. The first-order valence-electron chi connectivity index (χ1n) is 10.6. The number of unbranched alkanes of at least 4 members (excludes halogenated alkanes) is 1. The van der Waals surface area contributed by atoms with Gasteiger partial charge < -0.3 is 20.3 Å². The van der Waals surface area contributed by atoms with Gasteiger partial charge in [-0.2, -0.15) is 0 Å². The Morgan fingerprint density at radius 1 is 1.21 bits per heavy atom. The fourth-order valence-electron chi connectivity index (χ4n) is 3.25. The normalized spacial score (nSPS) is 17.2. The fourth-order valence-corrected chi connectivity index (χ4v) is 3.25. The van der Waals surface area contributed by atoms with Gasteiger partial charge in [-0.15, -0.1) is 0 Å². The highest BCUT2D eigenvalue weighted by atomic mass is 16.5. The van der Waals surface area contributed by atoms with Crippen molar-refractivity contribution in [1.29, 1.82) is 0 Å². The zero-order chi connectivity index (χ0) is 20.0. The maximum Gasteiger partial charge on any atom is 0.223 e. The van der Waals surface area contributed by atoms with Gasteiger partial charge in [-0.05, 0) is 25.3 Å². The molecule has 0 radical (unpaired) electrons. The summed E-state index contributed by atoms with van der Waals surface area (Å²) >= 11 is 0. The minimum absolute atomic E-state index is 0.249. The number of likely N-dealkylation sites (tertiary alicyclic amines) is 1. The zero-order valence-electron chi connectivity index (χ0n) is 17.5. The lowest BCUT2D eigenvalue weighted by Gasteiger charge is -2.16. The predicted octanol–water partition coefficient (Wildman–Crippen LogP) is 2.45. The Labute approximate surface area is 169 Å². The van der Waals surface area contributed by atoms with Crippen molar-refractivity contribution < 1.29 is 9.53 Å². The van der Waals surface area contributed by atoms with Crippen LogP contribution in [0.3, 0.4) is 0 Å². The molecule has 0 spiro atoms. The first kappa shape index (κ1) is 22.2. The van der Waals surface area contributed by atoms with Gasteiger partial charge in [-0.25, -0.2) is 0 Å². The lowest BCUT2D eigenvalue weighted by atomic mass is 10.1. The molecule has 28 heavy (non-hydrogen) atoms. The number of nitrogens with zero attached hydrogens (tertiary/aromatic N) is 2. The Balaban J connectivity index is 1.72. The lowest BCUT2D eigenvalue weighted by molar-refractivity contribution is -0.127. The van der Waals surface area contributed by atoms with Gasteiger partial charge in [0.1, 0.15) is 0 Å². The molecule has 1 unspecified atom stereocenters. The van der Waals surface area contributed by atoms with Gasteiger partial charge >= 0.3 is 0 Å². The van der Waals surface area contributed by atoms with E-state index in [0.29, 0.717) is 25.5 Å². The molecule has 156 valence electrons. The van der Waals surface area contributed by atoms with Crippen molar-refractivity contribution in [3.63, 3.8) is 0 Å². The number of hydrogen-bond donors (Lipinski definition) is 2. The molecule has 1 heterocycles. The van der Waals surface area contributed by atoms with E-state index in [2.05, 4.69) is 41.6 Å². The largest absolute Gasteiger partial charge is 0.380 e. The first-order chi connectivity index (χ1) is 13.7. The Morgan fingerprint density at radius 3 is 2.79 bits per heavy atom. The number of nitrogens with one attached hydrogen (secondary N) is 2. The van der Waals surface area contributed by atoms with E-state index in [1.807, 2.05) is 23.1 Å². The molecule has 1 atom stereocenters. The quantitative estimate of drug-likeness (QED) is 0.328. The average Bonchev–Trinajstić information content (AvgIpc) is 3.07. The second-order valence-electron chi connectivity index (χ2n) is 7.26. The molecule has 0 bridgehead atoms. The molecule has 0 saturated carbocycles. The molecule has 1 aliphatic heterocycles. The van der Waals surface area contributed by atoms with Crippen molar-refractivity contribution in [2.75, 3.05) is 45.9 Å². The molecule has 2 rings (SSSR count). The summed E-state index contributed by atoms with van der Waals surface area (Å²) in [5, 5.41) is 6.57. The first-order valence-corrected chi connectivity index (χ1v) is 10.6. The molecule has 0 aromatic heterocycles. The van der Waals surface area contributed by atoms with Crippen molar-refractivity contribution >= 4 is 11.9 Å². The van der Waals surface area contributed by atoms with Gasteiger partial charge in [-0.3, -0.25) is 9.79 Å². The molecular weight excluding hydrogens is 352 g/mol. The van der Waals surface area contributed by atoms with Crippen LogP contribution in [0.5, 0.6) is 0 Å². The predicted molar refractivity (Wildman–Crippen MR) is 115 cm³/mol. The fraction of sp³-hybridized carbons (Fsp3) is 0.636. The Bertz CT molecular complexity index is 591. The van der Waals surface area contributed by atoms with Crippen LogP contribution < -0.4 is 10.6 Å². The van der Waals surface area contributed by atoms with Crippen LogP contribution in [-0.2, 0) is 16.0 Å². The highest BCUT2D eigenvalue weighted by Crippen LogP contribution is 2.18. The summed E-state index contributed by atoms with van der Waals surface area (Å²) in [5.74, 6) is 1.34. The Kier molecular flexibility index (Phi) is 10.4. The average molecular weight is 389 g/mol. The van der Waals surface area contributed by atoms with Gasteiger partial charge in [0.05, 0.1) is 6.61 Å². The van der Waals surface area contributed by atoms with Gasteiger partial charge in [0.15, 0.2) is 5.96 Å². The van der Waals surface area contributed by atoms with Crippen LogP contribution in [0.2, 0.25) is 0 Å². The third-order valence-corrected chi connectivity index (χ3v) is 4.84. The number of hydrogen-bond acceptors (Lipinski definition) is 3. The van der Waals surface area contributed by atoms with Gasteiger partial charge in [0.25, 0.3) is 0 Å². The molecule has 6 heteroatoms. The van der Waals surface area contributed by atoms with Crippen molar-refractivity contribution in [2.24, 2.45) is 10.9 Å². The van der Waals surface area contributed by atoms with Crippen LogP contribution in [0.1, 0.15) is 38.7 Å². The van der Waals surface area contributed by atoms with Crippen LogP contribution in [-0.4, -0.2) is 62.7 Å². The highest BCUT2D eigenvalue weighted by molar-refractivity contribution is 5.80. The summed E-state index contributed by atoms with van der Waals surface area (Å²) in [5.41, 5.74) is 1.27. The van der Waals surface area contributed by atoms with Crippen LogP contribution in [0.25, 0.3) is 0 Å². The van der Waals surface area contributed by atoms with Crippen LogP contribution in [0.4, 0.5) is 0 Å². The SMILES string of the molecule is CCCCOCCNC(=NCC1CC(=O)N(CCc2ccccc2)C1)NCC. The van der Waals surface area contributed by atoms with Crippen LogP contribution in [0, 0.1) is 5.92 Å². The van der Waals surface area contributed by atoms with E-state index in [1.165, 1.54) is 5.56 Å². The summed E-state index contributed by atoms with van der Waals surface area (Å²) in [4.78, 5) is 19.0. The number of ether oxygens (including phenoxy) is 1. The molecule has 1 aromatic carbocycles. The van der Waals surface area contributed by atoms with Crippen molar-refractivity contribution in [2.45, 2.75) is 39.5 Å². The van der Waals surface area contributed by atoms with E-state index in [4.69, 9.17) is 4.74 Å². The number of carbonyl (C=O) groups excluding carboxylic acids is 1. The lowest BCUT2D eigenvalue weighted by Crippen LogP contribution is -2.39. The van der Waals surface area contributed by atoms with Crippen molar-refractivity contribution in [1.82, 2.24) is 15.5 Å². The second-order valence-corrected chi connectivity index (χ2v) is 7.26. The van der Waals surface area contributed by atoms with E-state index < -0.39 is 0 Å². The smallest absolute Gasteiger partial charge is 0.223 e. The van der Waals surface area contributed by atoms with Crippen LogP contribution >= 0.6 is 0 Å². The van der Waals surface area contributed by atoms with E-state index >= 15 is 0 Å². The Morgan fingerprint density at radius 2 is 2.04 bits per heavy atom. The minimum atomic E-state index is 0.249. The Hall–Kier alpha value is -2.08. The molecule has 0 aliphatic carbocycles. The molecule has 1 aliphatic rings. The van der Waals surface area contributed by atoms with E-state index in [0.717, 1.165) is 58.0 Å². The molecular formula is C22H36N4O2. The number of carbonyl (C=O) groups is 1. The monoisotopic (exact) mass is 388 g/mol. The third kappa shape index (κ3) is 8.30. The summed E-state index contributed by atoms with van der Waals surface area (Å²) < 4.78 is 5.58. The second kappa shape index (κ2) is 13.2. The zero-order valence-corrected chi connectivity index (χ0v) is 17.5. The molecule has 1 fully saturated rings. The maximum absolute atomic E-state index is 12.3. The maximum atomic E-state index is 12.3. The van der Waals surface area contributed by atoms with Crippen molar-refractivity contribution in [3.8, 4) is 0 Å². The molecule has 1 saturated heterocycles. The molecule has 1 amide bonds. The minimum Gasteiger partial charge on any atom is -0.380 e. The highest BCUT2D eigenvalue weighted by Gasteiger charge is 2.28. The molecule has 1 aromatic rings. The number of aliphatic imine (C=N–C) groups is 1. The summed E-state index contributed by atoms with van der Waals surface area (Å²) in [6.45, 7) is 9.52. The third-order valence-electron chi connectivity index (χ3n) is 4.84. The topological polar surface area (TPSA) is 66.0 Å². The van der Waals surface area contributed by atoms with Gasteiger partial charge in [0.2, 0.25) is 5.91 Å². The number of guanidine groups is 1. The standard InChI is InChI=1S/C22H36N4O2/c1-3-5-14-28-15-12-24-22(23-4-2)25-17-20-16-21(27)26(18-20)13-11-19-9-7-6-8-10-19/h6-10,20H,3-5,11-18H2,1-2H3,(H2,23,24,25). The van der Waals surface area contributed by atoms with Crippen molar-refractivity contribution in [3.05, 3.63) is 35.9 Å². The molecule has 6 nitrogen and oxygen atoms in total. The number of amides is 1. The van der Waals surface area contributed by atoms with Crippen LogP contribution in [0.15, 0.2) is 35.3 Å². The van der Waals surface area contributed by atoms with E-state index in [1.54, 1.807) is 0 Å². The summed E-state index contributed by atoms with van der Waals surface area (Å²) in [6.07, 6.45) is 3.76. The van der Waals surface area contributed by atoms with E-state index in [9.17, 15) is 4.79 Å². The van der Waals surface area contributed by atoms with E-state index in [-0.39, 0.29) is 5.91 Å².